The van der Waals surface area contributed by atoms with Gasteiger partial charge in [0.25, 0.3) is 0 Å². The fourth-order valence-electron chi connectivity index (χ4n) is 8.81. The van der Waals surface area contributed by atoms with Crippen molar-refractivity contribution in [3.05, 3.63) is 117 Å². The van der Waals surface area contributed by atoms with Crippen LogP contribution in [0.25, 0.3) is 0 Å². The third-order valence-corrected chi connectivity index (χ3v) is 19.1. The van der Waals surface area contributed by atoms with Gasteiger partial charge in [-0.1, -0.05) is 6.55 Å². The first-order chi connectivity index (χ1) is 21.5. The van der Waals surface area contributed by atoms with Crippen LogP contribution < -0.4 is 15.6 Å². The van der Waals surface area contributed by atoms with Crippen LogP contribution in [0.15, 0.2) is 0 Å². The highest BCUT2D eigenvalue weighted by Gasteiger charge is 2.43. The smallest absolute Gasteiger partial charge is 0.0575 e. The van der Waals surface area contributed by atoms with Gasteiger partial charge in [0.2, 0.25) is 0 Å². The van der Waals surface area contributed by atoms with E-state index in [4.69, 9.17) is 0 Å². The monoisotopic (exact) mass is 646 g/mol. The summed E-state index contributed by atoms with van der Waals surface area (Å²) in [5.41, 5.74) is 30.9. The van der Waals surface area contributed by atoms with Crippen molar-refractivity contribution in [2.24, 2.45) is 0 Å². The molecule has 0 aromatic heterocycles. The van der Waals surface area contributed by atoms with Crippen molar-refractivity contribution in [1.82, 2.24) is 0 Å². The molecule has 254 valence electrons. The second kappa shape index (κ2) is 13.5. The largest absolute Gasteiger partial charge is 0.147 e. The number of benzene rings is 4. The maximum Gasteiger partial charge on any atom is 0.147 e. The lowest BCUT2D eigenvalue weighted by Crippen LogP contribution is -2.69. The summed E-state index contributed by atoms with van der Waals surface area (Å²) in [5, 5.41) is 4.92. The quantitative estimate of drug-likeness (QED) is 0.153. The zero-order valence-corrected chi connectivity index (χ0v) is 35.5. The SMILES string of the molecule is Cc1c(C)c(C)c(C)c(C)c1C.Cc1c(C)c(C)c([Si](C)(c2c(C)c(C)c(C)c(C)c2C)c2c(C)c(C)c(C)c(C)c2C)c(C)c1C. The van der Waals surface area contributed by atoms with Gasteiger partial charge in [-0.2, -0.15) is 0 Å². The second-order valence-electron chi connectivity index (χ2n) is 15.4. The van der Waals surface area contributed by atoms with Gasteiger partial charge < -0.3 is 0 Å². The molecule has 47 heavy (non-hydrogen) atoms. The standard InChI is InChI=1S/C34H48Si.C12H18/c1-17-20(4)26(10)32(27(11)21(17)5)35(16,33-28(12)22(6)18(2)23(7)29(33)13)34-30(14)24(8)19(3)25(9)31(34)15;1-7-8(2)10(4)12(6)11(5)9(7)3/h1-16H3;1-6H3. The Morgan fingerprint density at radius 3 is 0.362 bits per heavy atom. The minimum atomic E-state index is -2.40. The van der Waals surface area contributed by atoms with E-state index in [0.717, 1.165) is 0 Å². The first kappa shape index (κ1) is 38.5. The third kappa shape index (κ3) is 5.90. The van der Waals surface area contributed by atoms with Gasteiger partial charge in [0.15, 0.2) is 0 Å². The van der Waals surface area contributed by atoms with Crippen molar-refractivity contribution >= 4 is 23.6 Å². The molecule has 0 N–H and O–H groups in total. The van der Waals surface area contributed by atoms with E-state index in [1.165, 1.54) is 117 Å². The Morgan fingerprint density at radius 2 is 0.255 bits per heavy atom. The summed E-state index contributed by atoms with van der Waals surface area (Å²) >= 11 is 0. The van der Waals surface area contributed by atoms with Crippen molar-refractivity contribution in [2.75, 3.05) is 0 Å². The van der Waals surface area contributed by atoms with Gasteiger partial charge in [0, 0.05) is 0 Å². The lowest BCUT2D eigenvalue weighted by atomic mass is 9.90. The average Bonchev–Trinajstić information content (AvgIpc) is 3.03. The van der Waals surface area contributed by atoms with Gasteiger partial charge >= 0.3 is 0 Å². The molecule has 0 bridgehead atoms. The van der Waals surface area contributed by atoms with E-state index in [-0.39, 0.29) is 0 Å². The molecule has 0 aliphatic carbocycles. The Morgan fingerprint density at radius 1 is 0.170 bits per heavy atom. The van der Waals surface area contributed by atoms with Gasteiger partial charge in [-0.05, 0) is 278 Å². The topological polar surface area (TPSA) is 0 Å². The molecule has 0 fully saturated rings. The fourth-order valence-corrected chi connectivity index (χ4v) is 15.2. The van der Waals surface area contributed by atoms with Crippen LogP contribution >= 0.6 is 0 Å². The van der Waals surface area contributed by atoms with Gasteiger partial charge in [-0.25, -0.2) is 0 Å². The predicted molar refractivity (Wildman–Crippen MR) is 216 cm³/mol. The van der Waals surface area contributed by atoms with Crippen LogP contribution in [0.2, 0.25) is 6.55 Å². The summed E-state index contributed by atoms with van der Waals surface area (Å²) in [4.78, 5) is 0. The number of hydrogen-bond donors (Lipinski definition) is 0. The maximum atomic E-state index is 2.67. The molecule has 0 spiro atoms. The zero-order chi connectivity index (χ0) is 36.4. The lowest BCUT2D eigenvalue weighted by Gasteiger charge is -2.40. The molecule has 0 radical (unpaired) electrons. The van der Waals surface area contributed by atoms with E-state index in [0.29, 0.717) is 0 Å². The van der Waals surface area contributed by atoms with Crippen molar-refractivity contribution < 1.29 is 0 Å². The lowest BCUT2D eigenvalue weighted by molar-refractivity contribution is 1.13. The molecule has 0 aliphatic heterocycles. The minimum absolute atomic E-state index is 1.45. The summed E-state index contributed by atoms with van der Waals surface area (Å²) in [6.45, 7) is 51.3. The molecule has 0 nitrogen and oxygen atoms in total. The van der Waals surface area contributed by atoms with Crippen LogP contribution in [0, 0.1) is 145 Å². The number of hydrogen-bond acceptors (Lipinski definition) is 0. The molecule has 4 aromatic carbocycles. The van der Waals surface area contributed by atoms with Crippen molar-refractivity contribution in [3.63, 3.8) is 0 Å². The van der Waals surface area contributed by atoms with Crippen LogP contribution in [0.1, 0.15) is 117 Å². The van der Waals surface area contributed by atoms with Crippen molar-refractivity contribution in [3.8, 4) is 0 Å². The Hall–Kier alpha value is -2.90. The predicted octanol–water partition coefficient (Wildman–Crippen LogP) is 11.0. The van der Waals surface area contributed by atoms with Gasteiger partial charge in [-0.3, -0.25) is 0 Å². The van der Waals surface area contributed by atoms with E-state index in [9.17, 15) is 0 Å². The summed E-state index contributed by atoms with van der Waals surface area (Å²) in [6, 6.07) is 0. The van der Waals surface area contributed by atoms with Crippen LogP contribution in [-0.4, -0.2) is 8.07 Å². The Balaban J connectivity index is 0.000000420. The molecule has 0 saturated carbocycles. The molecule has 0 amide bonds. The Labute approximate surface area is 291 Å². The highest BCUT2D eigenvalue weighted by Crippen LogP contribution is 2.31. The molecule has 1 heteroatoms. The number of rotatable bonds is 3. The van der Waals surface area contributed by atoms with Crippen LogP contribution in [-0.2, 0) is 0 Å². The molecule has 0 atom stereocenters. The van der Waals surface area contributed by atoms with Gasteiger partial charge in [0.05, 0.1) is 0 Å². The van der Waals surface area contributed by atoms with Gasteiger partial charge in [-0.15, -0.1) is 0 Å². The average molecular weight is 647 g/mol. The van der Waals surface area contributed by atoms with Gasteiger partial charge in [0.1, 0.15) is 8.07 Å². The van der Waals surface area contributed by atoms with Crippen LogP contribution in [0.3, 0.4) is 0 Å². The van der Waals surface area contributed by atoms with E-state index in [1.807, 2.05) is 0 Å². The molecule has 4 aromatic rings. The summed E-state index contributed by atoms with van der Waals surface area (Å²) in [7, 11) is -2.40. The first-order valence-electron chi connectivity index (χ1n) is 17.8. The van der Waals surface area contributed by atoms with E-state index >= 15 is 0 Å². The van der Waals surface area contributed by atoms with E-state index < -0.39 is 8.07 Å². The summed E-state index contributed by atoms with van der Waals surface area (Å²) < 4.78 is 0. The Bertz CT molecular complexity index is 1560. The first-order valence-corrected chi connectivity index (χ1v) is 20.2. The molecule has 0 aliphatic rings. The molecule has 0 unspecified atom stereocenters. The van der Waals surface area contributed by atoms with Crippen molar-refractivity contribution in [2.45, 2.75) is 152 Å². The zero-order valence-electron chi connectivity index (χ0n) is 34.5. The second-order valence-corrected chi connectivity index (χ2v) is 19.1. The minimum Gasteiger partial charge on any atom is -0.0575 e. The summed E-state index contributed by atoms with van der Waals surface area (Å²) in [5.74, 6) is 0. The molecule has 4 rings (SSSR count). The molecule has 0 saturated heterocycles. The van der Waals surface area contributed by atoms with Crippen LogP contribution in [0.5, 0.6) is 0 Å². The molecular weight excluding hydrogens is 581 g/mol. The van der Waals surface area contributed by atoms with Crippen molar-refractivity contribution in [1.29, 1.82) is 0 Å². The highest BCUT2D eigenvalue weighted by atomic mass is 28.3. The molecule has 0 heterocycles. The maximum absolute atomic E-state index is 2.67. The molecular formula is C46H66Si. The Kier molecular flexibility index (Phi) is 11.1. The van der Waals surface area contributed by atoms with E-state index in [1.54, 1.807) is 15.6 Å². The highest BCUT2D eigenvalue weighted by molar-refractivity contribution is 7.12. The van der Waals surface area contributed by atoms with Crippen LogP contribution in [0.4, 0.5) is 0 Å². The normalized spacial score (nSPS) is 11.6. The fraction of sp³-hybridized carbons (Fsp3) is 0.478. The summed E-state index contributed by atoms with van der Waals surface area (Å²) in [6.07, 6.45) is 0. The van der Waals surface area contributed by atoms with E-state index in [2.05, 4.69) is 152 Å². The third-order valence-electron chi connectivity index (χ3n) is 13.9.